The molecule has 33 heavy (non-hydrogen) atoms. The van der Waals surface area contributed by atoms with Gasteiger partial charge in [0.2, 0.25) is 5.91 Å². The third-order valence-corrected chi connectivity index (χ3v) is 5.60. The fourth-order valence-corrected chi connectivity index (χ4v) is 4.00. The molecule has 1 unspecified atom stereocenters. The SMILES string of the molecule is CCn1c(-c2ccc(CNC(=O)CC(OC(C)(C)O)C(=O)N3CCCC3)cc2)cccc1=O. The second-order valence-electron chi connectivity index (χ2n) is 8.76. The zero-order valence-corrected chi connectivity index (χ0v) is 19.5. The number of aromatic nitrogens is 1. The summed E-state index contributed by atoms with van der Waals surface area (Å²) < 4.78 is 7.21. The molecule has 8 nitrogen and oxygen atoms in total. The first kappa shape index (κ1) is 24.7. The molecule has 1 aromatic carbocycles. The molecule has 8 heteroatoms. The molecule has 1 saturated heterocycles. The maximum Gasteiger partial charge on any atom is 0.252 e. The zero-order chi connectivity index (χ0) is 24.0. The minimum absolute atomic E-state index is 0.0438. The van der Waals surface area contributed by atoms with E-state index in [0.29, 0.717) is 26.2 Å². The summed E-state index contributed by atoms with van der Waals surface area (Å²) in [5.74, 6) is -2.12. The molecule has 2 aromatic rings. The van der Waals surface area contributed by atoms with Gasteiger partial charge in [0, 0.05) is 32.2 Å². The van der Waals surface area contributed by atoms with Crippen LogP contribution in [0.15, 0.2) is 47.3 Å². The van der Waals surface area contributed by atoms with Gasteiger partial charge in [0.05, 0.1) is 12.1 Å². The summed E-state index contributed by atoms with van der Waals surface area (Å²) in [4.78, 5) is 39.1. The van der Waals surface area contributed by atoms with Gasteiger partial charge < -0.3 is 24.6 Å². The van der Waals surface area contributed by atoms with Crippen molar-refractivity contribution >= 4 is 11.8 Å². The molecular formula is C25H33N3O5. The quantitative estimate of drug-likeness (QED) is 0.565. The Morgan fingerprint density at radius 1 is 1.12 bits per heavy atom. The Hall–Kier alpha value is -2.97. The highest BCUT2D eigenvalue weighted by Gasteiger charge is 2.33. The van der Waals surface area contributed by atoms with Crippen molar-refractivity contribution in [1.82, 2.24) is 14.8 Å². The summed E-state index contributed by atoms with van der Waals surface area (Å²) in [6.07, 6.45) is 0.667. The average molecular weight is 456 g/mol. The molecule has 1 aliphatic rings. The molecule has 0 aliphatic carbocycles. The minimum Gasteiger partial charge on any atom is -0.366 e. The van der Waals surface area contributed by atoms with Crippen LogP contribution in [-0.4, -0.2) is 51.4 Å². The predicted octanol–water partition coefficient (Wildman–Crippen LogP) is 2.28. The molecule has 0 bridgehead atoms. The van der Waals surface area contributed by atoms with Gasteiger partial charge in [-0.2, -0.15) is 0 Å². The Labute approximate surface area is 194 Å². The summed E-state index contributed by atoms with van der Waals surface area (Å²) in [5, 5.41) is 12.9. The summed E-state index contributed by atoms with van der Waals surface area (Å²) >= 11 is 0. The van der Waals surface area contributed by atoms with Gasteiger partial charge in [0.25, 0.3) is 11.5 Å². The monoisotopic (exact) mass is 455 g/mol. The second-order valence-corrected chi connectivity index (χ2v) is 8.76. The highest BCUT2D eigenvalue weighted by Crippen LogP contribution is 2.19. The lowest BCUT2D eigenvalue weighted by atomic mass is 10.1. The summed E-state index contributed by atoms with van der Waals surface area (Å²) in [5.41, 5.74) is 2.60. The van der Waals surface area contributed by atoms with Gasteiger partial charge in [0.15, 0.2) is 5.79 Å². The van der Waals surface area contributed by atoms with Gasteiger partial charge in [-0.25, -0.2) is 0 Å². The molecule has 3 rings (SSSR count). The van der Waals surface area contributed by atoms with Crippen molar-refractivity contribution in [3.63, 3.8) is 0 Å². The van der Waals surface area contributed by atoms with Crippen molar-refractivity contribution in [3.05, 3.63) is 58.4 Å². The smallest absolute Gasteiger partial charge is 0.252 e. The lowest BCUT2D eigenvalue weighted by Crippen LogP contribution is -2.45. The third-order valence-electron chi connectivity index (χ3n) is 5.60. The van der Waals surface area contributed by atoms with Gasteiger partial charge in [-0.3, -0.25) is 14.4 Å². The zero-order valence-electron chi connectivity index (χ0n) is 19.5. The van der Waals surface area contributed by atoms with E-state index in [2.05, 4.69) is 5.32 Å². The van der Waals surface area contributed by atoms with Crippen LogP contribution in [0.2, 0.25) is 0 Å². The molecule has 2 amide bonds. The van der Waals surface area contributed by atoms with E-state index < -0.39 is 11.9 Å². The molecule has 2 N–H and O–H groups in total. The summed E-state index contributed by atoms with van der Waals surface area (Å²) in [7, 11) is 0. The van der Waals surface area contributed by atoms with Crippen LogP contribution in [0.5, 0.6) is 0 Å². The van der Waals surface area contributed by atoms with E-state index in [0.717, 1.165) is 29.7 Å². The number of carbonyl (C=O) groups excluding carboxylic acids is 2. The van der Waals surface area contributed by atoms with Gasteiger partial charge in [0.1, 0.15) is 6.10 Å². The molecule has 2 heterocycles. The number of carbonyl (C=O) groups is 2. The Morgan fingerprint density at radius 3 is 2.39 bits per heavy atom. The fourth-order valence-electron chi connectivity index (χ4n) is 4.00. The Morgan fingerprint density at radius 2 is 1.79 bits per heavy atom. The predicted molar refractivity (Wildman–Crippen MR) is 125 cm³/mol. The minimum atomic E-state index is -1.52. The van der Waals surface area contributed by atoms with Crippen LogP contribution in [0.4, 0.5) is 0 Å². The number of likely N-dealkylation sites (tertiary alicyclic amines) is 1. The first-order chi connectivity index (χ1) is 15.7. The summed E-state index contributed by atoms with van der Waals surface area (Å²) in [6.45, 7) is 6.98. The Bertz CT molecular complexity index is 1020. The Kier molecular flexibility index (Phi) is 8.05. The maximum absolute atomic E-state index is 12.8. The van der Waals surface area contributed by atoms with E-state index in [4.69, 9.17) is 4.74 Å². The lowest BCUT2D eigenvalue weighted by molar-refractivity contribution is -0.212. The van der Waals surface area contributed by atoms with Crippen LogP contribution in [0, 0.1) is 0 Å². The molecule has 0 saturated carbocycles. The second kappa shape index (κ2) is 10.8. The van der Waals surface area contributed by atoms with Gasteiger partial charge >= 0.3 is 0 Å². The Balaban J connectivity index is 1.61. The molecule has 1 fully saturated rings. The molecule has 1 aromatic heterocycles. The fraction of sp³-hybridized carbons (Fsp3) is 0.480. The average Bonchev–Trinajstić information content (AvgIpc) is 3.31. The number of aliphatic hydroxyl groups is 1. The highest BCUT2D eigenvalue weighted by molar-refractivity contribution is 5.87. The number of nitrogens with zero attached hydrogens (tertiary/aromatic N) is 2. The molecule has 0 spiro atoms. The van der Waals surface area contributed by atoms with E-state index in [1.165, 1.54) is 13.8 Å². The summed E-state index contributed by atoms with van der Waals surface area (Å²) in [6, 6.07) is 12.8. The molecule has 1 atom stereocenters. The molecule has 178 valence electrons. The third kappa shape index (κ3) is 6.76. The van der Waals surface area contributed by atoms with Crippen molar-refractivity contribution in [1.29, 1.82) is 0 Å². The number of hydrogen-bond donors (Lipinski definition) is 2. The van der Waals surface area contributed by atoms with Crippen molar-refractivity contribution in [2.45, 2.75) is 65.0 Å². The van der Waals surface area contributed by atoms with Gasteiger partial charge in [-0.1, -0.05) is 30.3 Å². The van der Waals surface area contributed by atoms with E-state index >= 15 is 0 Å². The van der Waals surface area contributed by atoms with E-state index in [1.54, 1.807) is 21.6 Å². The van der Waals surface area contributed by atoms with Crippen molar-refractivity contribution in [2.75, 3.05) is 13.1 Å². The standard InChI is InChI=1S/C25H33N3O5/c1-4-28-20(8-7-9-23(28)30)19-12-10-18(11-13-19)17-26-22(29)16-21(33-25(2,3)32)24(31)27-14-5-6-15-27/h7-13,21,32H,4-6,14-17H2,1-3H3,(H,26,29). The number of nitrogens with one attached hydrogen (secondary N) is 1. The van der Waals surface area contributed by atoms with Crippen LogP contribution in [0.1, 0.15) is 45.6 Å². The van der Waals surface area contributed by atoms with Crippen LogP contribution in [-0.2, 0) is 27.4 Å². The van der Waals surface area contributed by atoms with Crippen molar-refractivity contribution in [2.24, 2.45) is 0 Å². The van der Waals surface area contributed by atoms with E-state index in [9.17, 15) is 19.5 Å². The lowest BCUT2D eigenvalue weighted by Gasteiger charge is -2.28. The number of hydrogen-bond acceptors (Lipinski definition) is 5. The largest absolute Gasteiger partial charge is 0.366 e. The molecule has 0 radical (unpaired) electrons. The first-order valence-electron chi connectivity index (χ1n) is 11.4. The normalized spacial score (nSPS) is 14.8. The van der Waals surface area contributed by atoms with Gasteiger partial charge in [-0.05, 0) is 50.8 Å². The van der Waals surface area contributed by atoms with Crippen LogP contribution in [0.25, 0.3) is 11.3 Å². The topological polar surface area (TPSA) is 101 Å². The van der Waals surface area contributed by atoms with Crippen molar-refractivity contribution < 1.29 is 19.4 Å². The highest BCUT2D eigenvalue weighted by atomic mass is 16.6. The number of benzene rings is 1. The molecular weight excluding hydrogens is 422 g/mol. The number of amides is 2. The van der Waals surface area contributed by atoms with Crippen LogP contribution < -0.4 is 10.9 Å². The van der Waals surface area contributed by atoms with Crippen LogP contribution >= 0.6 is 0 Å². The van der Waals surface area contributed by atoms with Crippen molar-refractivity contribution in [3.8, 4) is 11.3 Å². The van der Waals surface area contributed by atoms with Gasteiger partial charge in [-0.15, -0.1) is 0 Å². The van der Waals surface area contributed by atoms with E-state index in [1.807, 2.05) is 37.3 Å². The number of pyridine rings is 1. The maximum atomic E-state index is 12.8. The van der Waals surface area contributed by atoms with Crippen LogP contribution in [0.3, 0.4) is 0 Å². The number of ether oxygens (including phenoxy) is 1. The molecule has 1 aliphatic heterocycles. The van der Waals surface area contributed by atoms with E-state index in [-0.39, 0.29) is 23.8 Å². The first-order valence-corrected chi connectivity index (χ1v) is 11.4. The number of rotatable bonds is 9.